The van der Waals surface area contributed by atoms with Gasteiger partial charge >= 0.3 is 0 Å². The fourth-order valence-electron chi connectivity index (χ4n) is 21.9. The second-order valence-electron chi connectivity index (χ2n) is 48.1. The van der Waals surface area contributed by atoms with Gasteiger partial charge in [0.25, 0.3) is 5.91 Å². The van der Waals surface area contributed by atoms with E-state index in [4.69, 9.17) is 14.2 Å². The van der Waals surface area contributed by atoms with E-state index in [1.807, 2.05) is 24.3 Å². The zero-order valence-electron chi connectivity index (χ0n) is 93.4. The number of Topliss-reactive ketones (excluding diaryl/α,β-unsaturated/α-hetero) is 1. The molecule has 0 spiro atoms. The molecule has 146 heavy (non-hydrogen) atoms. The lowest BCUT2D eigenvalue weighted by Gasteiger charge is -2.45. The van der Waals surface area contributed by atoms with E-state index in [0.29, 0.717) is 23.8 Å². The first-order valence-electron chi connectivity index (χ1n) is 53.1. The molecule has 1 amide bonds. The first-order chi connectivity index (χ1) is 68.8. The second kappa shape index (κ2) is 53.5. The van der Waals surface area contributed by atoms with Crippen LogP contribution in [0.4, 0.5) is 0 Å². The summed E-state index contributed by atoms with van der Waals surface area (Å²) in [5, 5.41) is 2.50. The molecule has 3 aliphatic carbocycles. The van der Waals surface area contributed by atoms with Crippen molar-refractivity contribution in [1.29, 1.82) is 0 Å². The van der Waals surface area contributed by atoms with E-state index in [-0.39, 0.29) is 67.5 Å². The van der Waals surface area contributed by atoms with Crippen molar-refractivity contribution in [3.63, 3.8) is 0 Å². The summed E-state index contributed by atoms with van der Waals surface area (Å²) in [4.78, 5) is 30.4. The molecule has 13 aromatic rings. The van der Waals surface area contributed by atoms with Crippen LogP contribution in [0.25, 0.3) is 10.8 Å². The Bertz CT molecular complexity index is 6080. The largest absolute Gasteiger partial charge is 0.497 e. The molecule has 6 nitrogen and oxygen atoms in total. The van der Waals surface area contributed by atoms with E-state index in [0.717, 1.165) is 66.4 Å². The lowest BCUT2D eigenvalue weighted by molar-refractivity contribution is 0.0476. The number of aryl methyl sites for hydroxylation is 5. The van der Waals surface area contributed by atoms with Crippen molar-refractivity contribution in [2.45, 2.75) is 309 Å². The topological polar surface area (TPSA) is 65.1 Å². The highest BCUT2D eigenvalue weighted by Crippen LogP contribution is 2.55. The Morgan fingerprint density at radius 3 is 1.27 bits per heavy atom. The normalized spacial score (nSPS) is 15.7. The van der Waals surface area contributed by atoms with Crippen LogP contribution >= 0.6 is 113 Å². The number of carbonyl (C=O) groups excluding carboxylic acids is 2. The van der Waals surface area contributed by atoms with Crippen LogP contribution in [0.1, 0.15) is 338 Å². The van der Waals surface area contributed by atoms with Crippen molar-refractivity contribution in [2.75, 3.05) is 21.3 Å². The standard InChI is InChI=1S/C32H38O.C31H37NO.C22H28.C15H18O.C13H20.C11H13I3O.C11H14I2O/c1-5-6-12-23-17-19-25(20-18-23)31(33)28(21-24-13-8-7-9-14-24)30-27-16-11-10-15-26(27)22-29(30)32(2,3)4;1-5-6-12-23-17-19-25(20-18-23)30(33)32(22-24-13-8-7-9-14-24)29-27-16-11-10-15-26(27)21-28(29)31(2,3)4;1-21(2,3)18-14-16-22(17-15-18,19-10-6-4-7-11-19)20-12-8-5-9-13-20;1-15(2,3)13-7-5-12-10-14(16-4)8-6-11(12)9-13;1-9-7-10(2)12(11(3)8-9)13(4,5)6;1-11(2,3)8-6(12)5-7(13)10(15-4)9(8)14;1-11(2,3)7-5-8(12)10(14-4)9(13)6-7/h7-11,13-20,28-30H,5-6,12,21-22H2,1-4H3;7-11,13-20,28-29H,5-6,12,21-22H2,1-4H3;4-13,18H,14-17H2,1-3H3;5-10H,1-4H3;7-8H,1-6H3;5H,1-4H3;5-6H,1-4H3. The highest BCUT2D eigenvalue weighted by Gasteiger charge is 2.48. The smallest absolute Gasteiger partial charge is 0.254 e. The average molecular weight is 2520 g/mol. The van der Waals surface area contributed by atoms with Gasteiger partial charge < -0.3 is 19.1 Å². The third-order valence-corrected chi connectivity index (χ3v) is 34.1. The molecule has 0 bridgehead atoms. The number of ether oxygens (including phenoxy) is 3. The molecule has 778 valence electrons. The molecule has 0 N–H and O–H groups in total. The number of halogens is 5. The highest BCUT2D eigenvalue weighted by molar-refractivity contribution is 14.1. The molecule has 5 unspecified atom stereocenters. The number of ketones is 1. The fraction of sp³-hybridized carbons (Fsp3) is 0.422. The first-order valence-corrected chi connectivity index (χ1v) is 58.5. The maximum atomic E-state index is 14.1. The van der Waals surface area contributed by atoms with Crippen LogP contribution in [0.2, 0.25) is 0 Å². The second-order valence-corrected chi connectivity index (χ2v) is 53.8. The van der Waals surface area contributed by atoms with Crippen molar-refractivity contribution in [3.05, 3.63) is 409 Å². The number of fused-ring (bicyclic) bond motifs is 3. The van der Waals surface area contributed by atoms with Crippen LogP contribution in [0.5, 0.6) is 17.2 Å². The monoisotopic (exact) mass is 2520 g/mol. The number of carbonyl (C=O) groups is 2. The molecule has 1 saturated carbocycles. The molecular formula is C135H168I5NO5. The van der Waals surface area contributed by atoms with Gasteiger partial charge in [-0.05, 0) is 408 Å². The molecule has 0 aliphatic heterocycles. The minimum absolute atomic E-state index is 0.0636. The molecular weight excluding hydrogens is 2350 g/mol. The van der Waals surface area contributed by atoms with Crippen LogP contribution in [0, 0.1) is 78.5 Å². The van der Waals surface area contributed by atoms with Gasteiger partial charge in [0.2, 0.25) is 0 Å². The summed E-state index contributed by atoms with van der Waals surface area (Å²) in [5.41, 5.74) is 26.6. The quantitative estimate of drug-likeness (QED) is 0.0562. The molecule has 5 atom stereocenters. The predicted octanol–water partition coefficient (Wildman–Crippen LogP) is 39.0. The number of benzene rings is 13. The maximum Gasteiger partial charge on any atom is 0.254 e. The Morgan fingerprint density at radius 2 is 0.815 bits per heavy atom. The fourth-order valence-corrected chi connectivity index (χ4v) is 29.5. The van der Waals surface area contributed by atoms with Crippen molar-refractivity contribution in [1.82, 2.24) is 4.90 Å². The molecule has 3 aliphatic rings. The Labute approximate surface area is 950 Å². The Hall–Kier alpha value is -7.69. The van der Waals surface area contributed by atoms with E-state index in [9.17, 15) is 9.59 Å². The van der Waals surface area contributed by atoms with Crippen molar-refractivity contribution in [3.8, 4) is 17.2 Å². The Morgan fingerprint density at radius 1 is 0.390 bits per heavy atom. The van der Waals surface area contributed by atoms with Crippen molar-refractivity contribution >= 4 is 135 Å². The van der Waals surface area contributed by atoms with Crippen molar-refractivity contribution in [2.24, 2.45) is 39.9 Å². The van der Waals surface area contributed by atoms with Crippen LogP contribution in [-0.2, 0) is 65.7 Å². The van der Waals surface area contributed by atoms with Gasteiger partial charge in [-0.1, -0.05) is 420 Å². The summed E-state index contributed by atoms with van der Waals surface area (Å²) >= 11 is 11.8. The Kier molecular flexibility index (Phi) is 44.1. The molecule has 1 fully saturated rings. The molecule has 0 aromatic heterocycles. The first kappa shape index (κ1) is 120. The summed E-state index contributed by atoms with van der Waals surface area (Å²) in [6, 6.07) is 102. The molecule has 16 rings (SSSR count). The minimum atomic E-state index is -0.0678. The average Bonchev–Trinajstić information content (AvgIpc) is 1.63. The van der Waals surface area contributed by atoms with Gasteiger partial charge in [-0.15, -0.1) is 0 Å². The van der Waals surface area contributed by atoms with Gasteiger partial charge in [0.15, 0.2) is 5.78 Å². The van der Waals surface area contributed by atoms with Gasteiger partial charge in [-0.2, -0.15) is 0 Å². The van der Waals surface area contributed by atoms with Gasteiger partial charge in [0.05, 0.1) is 41.7 Å². The summed E-state index contributed by atoms with van der Waals surface area (Å²) in [6.07, 6.45) is 14.9. The number of amides is 1. The van der Waals surface area contributed by atoms with Crippen LogP contribution < -0.4 is 14.2 Å². The van der Waals surface area contributed by atoms with E-state index in [1.165, 1.54) is 175 Å². The van der Waals surface area contributed by atoms with Gasteiger partial charge in [-0.3, -0.25) is 9.59 Å². The molecule has 0 saturated heterocycles. The molecule has 11 heteroatoms. The van der Waals surface area contributed by atoms with Gasteiger partial charge in [0, 0.05) is 32.6 Å². The van der Waals surface area contributed by atoms with Crippen LogP contribution in [-0.4, -0.2) is 37.9 Å². The van der Waals surface area contributed by atoms with Gasteiger partial charge in [0.1, 0.15) is 17.2 Å². The number of nitrogens with zero attached hydrogens (tertiary/aromatic N) is 1. The summed E-state index contributed by atoms with van der Waals surface area (Å²) in [7, 11) is 5.15. The van der Waals surface area contributed by atoms with E-state index in [2.05, 4.69) is 559 Å². The summed E-state index contributed by atoms with van der Waals surface area (Å²) in [6.45, 7) is 59.7. The molecule has 13 aromatic carbocycles. The van der Waals surface area contributed by atoms with Crippen molar-refractivity contribution < 1.29 is 23.8 Å². The van der Waals surface area contributed by atoms with E-state index < -0.39 is 0 Å². The van der Waals surface area contributed by atoms with Crippen LogP contribution in [0.3, 0.4) is 0 Å². The molecule has 0 heterocycles. The maximum absolute atomic E-state index is 14.1. The number of rotatable bonds is 20. The number of hydrogen-bond donors (Lipinski definition) is 0. The molecule has 0 radical (unpaired) electrons. The summed E-state index contributed by atoms with van der Waals surface area (Å²) in [5.74, 6) is 5.12. The van der Waals surface area contributed by atoms with E-state index >= 15 is 0 Å². The lowest BCUT2D eigenvalue weighted by atomic mass is 9.59. The Balaban J connectivity index is 0.000000180. The number of unbranched alkanes of at least 4 members (excludes halogenated alkanes) is 2. The zero-order chi connectivity index (χ0) is 107. The van der Waals surface area contributed by atoms with Gasteiger partial charge in [-0.25, -0.2) is 0 Å². The number of methoxy groups -OCH3 is 3. The lowest BCUT2D eigenvalue weighted by Crippen LogP contribution is -2.40. The highest BCUT2D eigenvalue weighted by atomic mass is 127. The zero-order valence-corrected chi connectivity index (χ0v) is 104. The third-order valence-electron chi connectivity index (χ3n) is 29.9. The predicted molar refractivity (Wildman–Crippen MR) is 667 cm³/mol. The summed E-state index contributed by atoms with van der Waals surface area (Å²) < 4.78 is 22.1. The van der Waals surface area contributed by atoms with E-state index in [1.54, 1.807) is 21.3 Å². The number of hydrogen-bond acceptors (Lipinski definition) is 5. The SMILES string of the molecule is CC(C)(C)C1CCC(c2ccccc2)(c2ccccc2)CC1.CCCCc1ccc(C(=O)C(Cc2ccccc2)C2c3ccccc3CC2C(C)(C)C)cc1.CCCCc1ccc(C(=O)N(Cc2ccccc2)C2c3ccccc3CC2C(C)(C)C)cc1.COc1c(I)cc(C(C)(C)C)cc1I.COc1c(I)cc(I)c(C(C)(C)C)c1I.COc1ccc2cc(C(C)(C)C)ccc2c1.Cc1cc(C)c(C(C)(C)C)c(C)c1. The van der Waals surface area contributed by atoms with Crippen LogP contribution in [0.15, 0.2) is 285 Å². The minimum Gasteiger partial charge on any atom is -0.497 e. The third kappa shape index (κ3) is 32.7.